The lowest BCUT2D eigenvalue weighted by atomic mass is 9.84. The normalized spacial score (nSPS) is 22.6. The van der Waals surface area contributed by atoms with Crippen LogP contribution in [-0.2, 0) is 11.2 Å². The summed E-state index contributed by atoms with van der Waals surface area (Å²) >= 11 is 5.03. The lowest BCUT2D eigenvalue weighted by Crippen LogP contribution is -2.45. The quantitative estimate of drug-likeness (QED) is 0.859. The predicted octanol–water partition coefficient (Wildman–Crippen LogP) is 3.11. The van der Waals surface area contributed by atoms with Crippen molar-refractivity contribution < 1.29 is 4.79 Å². The van der Waals surface area contributed by atoms with E-state index in [1.165, 1.54) is 12.8 Å². The van der Waals surface area contributed by atoms with E-state index in [2.05, 4.69) is 21.2 Å². The van der Waals surface area contributed by atoms with Crippen molar-refractivity contribution in [2.24, 2.45) is 11.7 Å². The van der Waals surface area contributed by atoms with Gasteiger partial charge in [0.1, 0.15) is 0 Å². The first-order valence-electron chi connectivity index (χ1n) is 6.42. The maximum Gasteiger partial charge on any atom is 0.225 e. The van der Waals surface area contributed by atoms with Gasteiger partial charge >= 0.3 is 0 Å². The smallest absolute Gasteiger partial charge is 0.225 e. The van der Waals surface area contributed by atoms with E-state index in [1.54, 1.807) is 11.3 Å². The number of nitrogens with two attached hydrogens (primary N) is 1. The van der Waals surface area contributed by atoms with Crippen molar-refractivity contribution in [2.45, 2.75) is 38.1 Å². The summed E-state index contributed by atoms with van der Waals surface area (Å²) in [6.45, 7) is 0.676. The molecule has 1 saturated carbocycles. The molecule has 1 aromatic heterocycles. The molecule has 2 unspecified atom stereocenters. The zero-order chi connectivity index (χ0) is 13.0. The standard InChI is InChI=1S/C13H19BrN2OS.ClH/c14-12-6-5-10(18-12)7-13(17)16-11-4-2-1-3-9(11)8-15;/h5-6,9,11H,1-4,7-8,15H2,(H,16,17);1H. The number of hydrogen-bond donors (Lipinski definition) is 2. The van der Waals surface area contributed by atoms with Crippen LogP contribution in [0.2, 0.25) is 0 Å². The van der Waals surface area contributed by atoms with Gasteiger partial charge in [-0.25, -0.2) is 0 Å². The fourth-order valence-corrected chi connectivity index (χ4v) is 4.02. The molecule has 0 spiro atoms. The summed E-state index contributed by atoms with van der Waals surface area (Å²) < 4.78 is 1.07. The van der Waals surface area contributed by atoms with E-state index >= 15 is 0 Å². The van der Waals surface area contributed by atoms with E-state index < -0.39 is 0 Å². The molecule has 1 heterocycles. The van der Waals surface area contributed by atoms with Crippen molar-refractivity contribution in [3.8, 4) is 0 Å². The van der Waals surface area contributed by atoms with Gasteiger partial charge in [-0.05, 0) is 53.4 Å². The monoisotopic (exact) mass is 366 g/mol. The number of nitrogens with one attached hydrogen (secondary N) is 1. The first-order chi connectivity index (χ1) is 8.69. The van der Waals surface area contributed by atoms with Crippen LogP contribution in [0.25, 0.3) is 0 Å². The van der Waals surface area contributed by atoms with Crippen LogP contribution in [0.15, 0.2) is 15.9 Å². The molecule has 1 aliphatic rings. The number of thiophene rings is 1. The van der Waals surface area contributed by atoms with Crippen LogP contribution in [0.5, 0.6) is 0 Å². The summed E-state index contributed by atoms with van der Waals surface area (Å²) in [6, 6.07) is 4.26. The summed E-state index contributed by atoms with van der Waals surface area (Å²) in [5, 5.41) is 3.15. The minimum absolute atomic E-state index is 0. The molecule has 2 rings (SSSR count). The Morgan fingerprint density at radius 2 is 2.16 bits per heavy atom. The first-order valence-corrected chi connectivity index (χ1v) is 8.03. The molecule has 108 valence electrons. The molecule has 1 aromatic rings. The Labute approximate surface area is 132 Å². The Bertz CT molecular complexity index is 413. The number of carbonyl (C=O) groups excluding carboxylic acids is 1. The molecule has 3 nitrogen and oxygen atoms in total. The van der Waals surface area contributed by atoms with Gasteiger partial charge in [-0.3, -0.25) is 4.79 Å². The minimum Gasteiger partial charge on any atom is -0.353 e. The average Bonchev–Trinajstić information content (AvgIpc) is 2.75. The van der Waals surface area contributed by atoms with Crippen LogP contribution < -0.4 is 11.1 Å². The van der Waals surface area contributed by atoms with Gasteiger partial charge in [0, 0.05) is 10.9 Å². The van der Waals surface area contributed by atoms with Crippen LogP contribution in [-0.4, -0.2) is 18.5 Å². The number of carbonyl (C=O) groups is 1. The Balaban J connectivity index is 0.00000180. The molecular formula is C13H20BrClN2OS. The van der Waals surface area contributed by atoms with Crippen LogP contribution in [0.4, 0.5) is 0 Å². The molecule has 0 bridgehead atoms. The van der Waals surface area contributed by atoms with Crippen molar-refractivity contribution >= 4 is 45.6 Å². The summed E-state index contributed by atoms with van der Waals surface area (Å²) in [5.41, 5.74) is 5.77. The third kappa shape index (κ3) is 5.06. The SMILES string of the molecule is Cl.NCC1CCCCC1NC(=O)Cc1ccc(Br)s1. The second-order valence-corrected chi connectivity index (χ2v) is 7.38. The third-order valence-corrected chi connectivity index (χ3v) is 5.15. The first kappa shape index (κ1) is 17.0. The highest BCUT2D eigenvalue weighted by Gasteiger charge is 2.25. The topological polar surface area (TPSA) is 55.1 Å². The zero-order valence-corrected chi connectivity index (χ0v) is 14.0. The summed E-state index contributed by atoms with van der Waals surface area (Å²) in [7, 11) is 0. The summed E-state index contributed by atoms with van der Waals surface area (Å²) in [4.78, 5) is 13.1. The average molecular weight is 368 g/mol. The fourth-order valence-electron chi connectivity index (χ4n) is 2.54. The van der Waals surface area contributed by atoms with Gasteiger partial charge < -0.3 is 11.1 Å². The molecule has 1 aliphatic carbocycles. The highest BCUT2D eigenvalue weighted by atomic mass is 79.9. The molecular weight excluding hydrogens is 348 g/mol. The van der Waals surface area contributed by atoms with Gasteiger partial charge in [0.05, 0.1) is 10.2 Å². The molecule has 6 heteroatoms. The Hall–Kier alpha value is -0.100. The molecule has 1 amide bonds. The van der Waals surface area contributed by atoms with Crippen LogP contribution in [0, 0.1) is 5.92 Å². The maximum atomic E-state index is 12.0. The van der Waals surface area contributed by atoms with Gasteiger partial charge in [0.15, 0.2) is 0 Å². The van der Waals surface area contributed by atoms with Crippen LogP contribution in [0.1, 0.15) is 30.6 Å². The Morgan fingerprint density at radius 1 is 1.42 bits per heavy atom. The Morgan fingerprint density at radius 3 is 2.79 bits per heavy atom. The van der Waals surface area contributed by atoms with E-state index in [9.17, 15) is 4.79 Å². The van der Waals surface area contributed by atoms with Gasteiger partial charge in [-0.1, -0.05) is 12.8 Å². The maximum absolute atomic E-state index is 12.0. The molecule has 0 aromatic carbocycles. The van der Waals surface area contributed by atoms with E-state index in [-0.39, 0.29) is 24.4 Å². The van der Waals surface area contributed by atoms with Gasteiger partial charge in [0.2, 0.25) is 5.91 Å². The summed E-state index contributed by atoms with van der Waals surface area (Å²) in [5.74, 6) is 0.576. The highest BCUT2D eigenvalue weighted by molar-refractivity contribution is 9.11. The molecule has 3 N–H and O–H groups in total. The van der Waals surface area contributed by atoms with Crippen molar-refractivity contribution in [2.75, 3.05) is 6.54 Å². The summed E-state index contributed by atoms with van der Waals surface area (Å²) in [6.07, 6.45) is 5.13. The lowest BCUT2D eigenvalue weighted by Gasteiger charge is -2.31. The largest absolute Gasteiger partial charge is 0.353 e. The molecule has 0 radical (unpaired) electrons. The molecule has 0 saturated heterocycles. The molecule has 2 atom stereocenters. The second-order valence-electron chi connectivity index (χ2n) is 4.84. The Kier molecular flexibility index (Phi) is 7.36. The van der Waals surface area contributed by atoms with Crippen molar-refractivity contribution in [1.82, 2.24) is 5.32 Å². The van der Waals surface area contributed by atoms with Gasteiger partial charge in [0.25, 0.3) is 0 Å². The van der Waals surface area contributed by atoms with Crippen LogP contribution >= 0.6 is 39.7 Å². The van der Waals surface area contributed by atoms with E-state index in [0.717, 1.165) is 21.5 Å². The molecule has 19 heavy (non-hydrogen) atoms. The second kappa shape index (κ2) is 8.25. The lowest BCUT2D eigenvalue weighted by molar-refractivity contribution is -0.121. The number of halogens is 2. The zero-order valence-electron chi connectivity index (χ0n) is 10.7. The van der Waals surface area contributed by atoms with E-state index in [0.29, 0.717) is 18.9 Å². The third-order valence-electron chi connectivity index (χ3n) is 3.52. The number of rotatable bonds is 4. The van der Waals surface area contributed by atoms with E-state index in [1.807, 2.05) is 12.1 Å². The number of amides is 1. The van der Waals surface area contributed by atoms with Crippen molar-refractivity contribution in [1.29, 1.82) is 0 Å². The minimum atomic E-state index is 0. The van der Waals surface area contributed by atoms with Crippen molar-refractivity contribution in [3.05, 3.63) is 20.8 Å². The number of hydrogen-bond acceptors (Lipinski definition) is 3. The van der Waals surface area contributed by atoms with Crippen molar-refractivity contribution in [3.63, 3.8) is 0 Å². The predicted molar refractivity (Wildman–Crippen MR) is 85.9 cm³/mol. The van der Waals surface area contributed by atoms with Crippen LogP contribution in [0.3, 0.4) is 0 Å². The van der Waals surface area contributed by atoms with E-state index in [4.69, 9.17) is 5.73 Å². The van der Waals surface area contributed by atoms with Gasteiger partial charge in [-0.15, -0.1) is 23.7 Å². The van der Waals surface area contributed by atoms with Gasteiger partial charge in [-0.2, -0.15) is 0 Å². The molecule has 0 aliphatic heterocycles. The molecule has 1 fully saturated rings. The highest BCUT2D eigenvalue weighted by Crippen LogP contribution is 2.25. The fraction of sp³-hybridized carbons (Fsp3) is 0.615.